The van der Waals surface area contributed by atoms with Crippen LogP contribution < -0.4 is 5.32 Å². The van der Waals surface area contributed by atoms with Crippen molar-refractivity contribution >= 4 is 11.9 Å². The predicted molar refractivity (Wildman–Crippen MR) is 67.6 cm³/mol. The first kappa shape index (κ1) is 15.9. The third kappa shape index (κ3) is 11.2. The lowest BCUT2D eigenvalue weighted by molar-refractivity contribution is -0.154. The van der Waals surface area contributed by atoms with Crippen LogP contribution in [0.5, 0.6) is 0 Å². The Hall–Kier alpha value is -1.06. The molecule has 0 saturated carbocycles. The highest BCUT2D eigenvalue weighted by Crippen LogP contribution is 2.10. The molecule has 0 atom stereocenters. The summed E-state index contributed by atoms with van der Waals surface area (Å²) >= 11 is 0. The summed E-state index contributed by atoms with van der Waals surface area (Å²) in [6, 6.07) is 0. The number of carbonyl (C=O) groups excluding carboxylic acids is 2. The quantitative estimate of drug-likeness (QED) is 0.552. The highest BCUT2D eigenvalue weighted by atomic mass is 16.6. The van der Waals surface area contributed by atoms with Crippen LogP contribution in [0.1, 0.15) is 59.8 Å². The van der Waals surface area contributed by atoms with Crippen molar-refractivity contribution in [1.82, 2.24) is 5.32 Å². The summed E-state index contributed by atoms with van der Waals surface area (Å²) in [5, 5.41) is 2.80. The zero-order chi connectivity index (χ0) is 13.3. The molecule has 4 heteroatoms. The molecule has 0 aromatic heterocycles. The first-order chi connectivity index (χ1) is 7.85. The van der Waals surface area contributed by atoms with Crippen LogP contribution >= 0.6 is 0 Å². The number of nitrogens with one attached hydrogen (secondary N) is 1. The number of esters is 1. The van der Waals surface area contributed by atoms with E-state index in [0.29, 0.717) is 19.4 Å². The second-order valence-electron chi connectivity index (χ2n) is 5.10. The van der Waals surface area contributed by atoms with Gasteiger partial charge in [0.15, 0.2) is 0 Å². The molecule has 4 nitrogen and oxygen atoms in total. The van der Waals surface area contributed by atoms with Crippen LogP contribution in [0, 0.1) is 0 Å². The maximum Gasteiger partial charge on any atom is 0.306 e. The molecule has 1 amide bonds. The summed E-state index contributed by atoms with van der Waals surface area (Å²) in [7, 11) is 0. The summed E-state index contributed by atoms with van der Waals surface area (Å²) in [6.07, 6.45) is 3.64. The van der Waals surface area contributed by atoms with Crippen LogP contribution in [-0.2, 0) is 14.3 Å². The maximum absolute atomic E-state index is 11.4. The Morgan fingerprint density at radius 1 is 1.12 bits per heavy atom. The molecule has 17 heavy (non-hydrogen) atoms. The zero-order valence-electron chi connectivity index (χ0n) is 11.5. The minimum atomic E-state index is -0.397. The van der Waals surface area contributed by atoms with Gasteiger partial charge < -0.3 is 10.1 Å². The number of carbonyl (C=O) groups is 2. The highest BCUT2D eigenvalue weighted by Gasteiger charge is 2.15. The van der Waals surface area contributed by atoms with Crippen molar-refractivity contribution in [1.29, 1.82) is 0 Å². The predicted octanol–water partition coefficient (Wildman–Crippen LogP) is 2.41. The summed E-state index contributed by atoms with van der Waals surface area (Å²) in [5.74, 6) is -0.0627. The van der Waals surface area contributed by atoms with E-state index in [2.05, 4.69) is 5.32 Å². The Morgan fingerprint density at radius 3 is 2.29 bits per heavy atom. The van der Waals surface area contributed by atoms with E-state index >= 15 is 0 Å². The lowest BCUT2D eigenvalue weighted by atomic mass is 10.1. The molecule has 0 aliphatic heterocycles. The molecule has 0 aliphatic rings. The smallest absolute Gasteiger partial charge is 0.306 e. The third-order valence-electron chi connectivity index (χ3n) is 2.12. The summed E-state index contributed by atoms with van der Waals surface area (Å²) in [6.45, 7) is 8.13. The van der Waals surface area contributed by atoms with Crippen molar-refractivity contribution < 1.29 is 14.3 Å². The minimum absolute atomic E-state index is 0.0807. The molecule has 0 bridgehead atoms. The molecule has 0 aromatic rings. The average Bonchev–Trinajstić information content (AvgIpc) is 2.20. The van der Waals surface area contributed by atoms with Crippen LogP contribution in [-0.4, -0.2) is 24.0 Å². The van der Waals surface area contributed by atoms with Crippen LogP contribution in [0.15, 0.2) is 0 Å². The van der Waals surface area contributed by atoms with Gasteiger partial charge in [0.25, 0.3) is 0 Å². The number of amides is 1. The van der Waals surface area contributed by atoms with E-state index in [9.17, 15) is 9.59 Å². The van der Waals surface area contributed by atoms with Crippen LogP contribution in [0.2, 0.25) is 0 Å². The average molecular weight is 243 g/mol. The molecule has 0 aliphatic carbocycles. The first-order valence-electron chi connectivity index (χ1n) is 6.33. The van der Waals surface area contributed by atoms with Crippen LogP contribution in [0.4, 0.5) is 0 Å². The lowest BCUT2D eigenvalue weighted by Crippen LogP contribution is -2.24. The second-order valence-corrected chi connectivity index (χ2v) is 5.10. The van der Waals surface area contributed by atoms with Crippen molar-refractivity contribution in [3.05, 3.63) is 0 Å². The normalized spacial score (nSPS) is 11.1. The number of ether oxygens (including phenoxy) is 1. The van der Waals surface area contributed by atoms with Crippen molar-refractivity contribution in [3.8, 4) is 0 Å². The van der Waals surface area contributed by atoms with E-state index in [1.165, 1.54) is 0 Å². The number of hydrogen-bond donors (Lipinski definition) is 1. The minimum Gasteiger partial charge on any atom is -0.460 e. The Labute approximate surface area is 104 Å². The molecule has 1 N–H and O–H groups in total. The number of rotatable bonds is 7. The van der Waals surface area contributed by atoms with Gasteiger partial charge in [-0.25, -0.2) is 0 Å². The van der Waals surface area contributed by atoms with Gasteiger partial charge in [-0.05, 0) is 33.6 Å². The molecule has 0 aromatic carbocycles. The fraction of sp³-hybridized carbons (Fsp3) is 0.846. The fourth-order valence-electron chi connectivity index (χ4n) is 1.32. The van der Waals surface area contributed by atoms with Gasteiger partial charge in [-0.1, -0.05) is 13.3 Å². The van der Waals surface area contributed by atoms with Gasteiger partial charge in [-0.3, -0.25) is 9.59 Å². The van der Waals surface area contributed by atoms with E-state index in [4.69, 9.17) is 4.74 Å². The van der Waals surface area contributed by atoms with Gasteiger partial charge in [-0.15, -0.1) is 0 Å². The van der Waals surface area contributed by atoms with Crippen LogP contribution in [0.3, 0.4) is 0 Å². The van der Waals surface area contributed by atoms with Crippen molar-refractivity contribution in [2.45, 2.75) is 65.4 Å². The van der Waals surface area contributed by atoms with Crippen molar-refractivity contribution in [2.24, 2.45) is 0 Å². The van der Waals surface area contributed by atoms with Gasteiger partial charge in [-0.2, -0.15) is 0 Å². The molecule has 0 fully saturated rings. The molecule has 0 radical (unpaired) electrons. The summed E-state index contributed by atoms with van der Waals surface area (Å²) in [4.78, 5) is 22.3. The van der Waals surface area contributed by atoms with Gasteiger partial charge in [0.1, 0.15) is 5.60 Å². The molecule has 0 unspecified atom stereocenters. The lowest BCUT2D eigenvalue weighted by Gasteiger charge is -2.19. The molecule has 100 valence electrons. The Kier molecular flexibility index (Phi) is 7.59. The van der Waals surface area contributed by atoms with Gasteiger partial charge >= 0.3 is 5.97 Å². The standard InChI is InChI=1S/C13H25NO3/c1-5-11(15)14-10-8-6-7-9-12(16)17-13(2,3)4/h5-10H2,1-4H3,(H,14,15). The van der Waals surface area contributed by atoms with Crippen molar-refractivity contribution in [3.63, 3.8) is 0 Å². The Balaban J connectivity index is 3.40. The number of unbranched alkanes of at least 4 members (excludes halogenated alkanes) is 2. The summed E-state index contributed by atoms with van der Waals surface area (Å²) in [5.41, 5.74) is -0.397. The van der Waals surface area contributed by atoms with Crippen LogP contribution in [0.25, 0.3) is 0 Å². The molecular weight excluding hydrogens is 218 g/mol. The van der Waals surface area contributed by atoms with Gasteiger partial charge in [0.2, 0.25) is 5.91 Å². The molecule has 0 spiro atoms. The second kappa shape index (κ2) is 8.09. The first-order valence-corrected chi connectivity index (χ1v) is 6.33. The monoisotopic (exact) mass is 243 g/mol. The van der Waals surface area contributed by atoms with E-state index in [1.54, 1.807) is 0 Å². The van der Waals surface area contributed by atoms with E-state index in [1.807, 2.05) is 27.7 Å². The maximum atomic E-state index is 11.4. The molecule has 0 saturated heterocycles. The Morgan fingerprint density at radius 2 is 1.76 bits per heavy atom. The Bertz CT molecular complexity index is 244. The van der Waals surface area contributed by atoms with E-state index in [0.717, 1.165) is 19.3 Å². The SMILES string of the molecule is CCC(=O)NCCCCCC(=O)OC(C)(C)C. The van der Waals surface area contributed by atoms with Gasteiger partial charge in [0, 0.05) is 19.4 Å². The largest absolute Gasteiger partial charge is 0.460 e. The van der Waals surface area contributed by atoms with Gasteiger partial charge in [0.05, 0.1) is 0 Å². The zero-order valence-corrected chi connectivity index (χ0v) is 11.5. The van der Waals surface area contributed by atoms with Crippen molar-refractivity contribution in [2.75, 3.05) is 6.54 Å². The van der Waals surface area contributed by atoms with E-state index in [-0.39, 0.29) is 11.9 Å². The topological polar surface area (TPSA) is 55.4 Å². The molecule has 0 rings (SSSR count). The molecule has 0 heterocycles. The van der Waals surface area contributed by atoms with E-state index < -0.39 is 5.60 Å². The third-order valence-corrected chi connectivity index (χ3v) is 2.12. The fourth-order valence-corrected chi connectivity index (χ4v) is 1.32. The molecular formula is C13H25NO3. The highest BCUT2D eigenvalue weighted by molar-refractivity contribution is 5.75. The summed E-state index contributed by atoms with van der Waals surface area (Å²) < 4.78 is 5.19. The number of hydrogen-bond acceptors (Lipinski definition) is 3.